The number of nitrogens with two attached hydrogens (primary N) is 1. The van der Waals surface area contributed by atoms with Crippen molar-refractivity contribution in [2.24, 2.45) is 5.92 Å². The van der Waals surface area contributed by atoms with Crippen molar-refractivity contribution in [3.8, 4) is 0 Å². The molecule has 1 aliphatic heterocycles. The molecule has 0 bridgehead atoms. The van der Waals surface area contributed by atoms with E-state index in [1.807, 2.05) is 24.3 Å². The molecule has 0 spiro atoms. The molecule has 1 unspecified atom stereocenters. The summed E-state index contributed by atoms with van der Waals surface area (Å²) >= 11 is 0. The van der Waals surface area contributed by atoms with Crippen molar-refractivity contribution in [1.82, 2.24) is 10.3 Å². The van der Waals surface area contributed by atoms with Crippen molar-refractivity contribution in [2.75, 3.05) is 25.5 Å². The quantitative estimate of drug-likeness (QED) is 0.744. The Balaban J connectivity index is 1.60. The average molecular weight is 273 g/mol. The Morgan fingerprint density at radius 2 is 2.35 bits per heavy atom. The number of benzene rings is 1. The van der Waals surface area contributed by atoms with Crippen molar-refractivity contribution in [2.45, 2.75) is 12.8 Å². The van der Waals surface area contributed by atoms with Crippen LogP contribution in [0.15, 0.2) is 24.3 Å². The number of amides is 1. The second-order valence-corrected chi connectivity index (χ2v) is 5.30. The number of aromatic nitrogens is 1. The van der Waals surface area contributed by atoms with Gasteiger partial charge < -0.3 is 20.8 Å². The summed E-state index contributed by atoms with van der Waals surface area (Å²) in [5, 5.41) is 3.90. The van der Waals surface area contributed by atoms with Gasteiger partial charge in [-0.3, -0.25) is 4.79 Å². The molecule has 3 rings (SSSR count). The maximum atomic E-state index is 12.1. The number of hydrogen-bond donors (Lipinski definition) is 3. The lowest BCUT2D eigenvalue weighted by molar-refractivity contribution is 0.0946. The van der Waals surface area contributed by atoms with Gasteiger partial charge in [0.15, 0.2) is 0 Å². The average Bonchev–Trinajstić information content (AvgIpc) is 3.06. The van der Waals surface area contributed by atoms with Crippen LogP contribution < -0.4 is 11.1 Å². The summed E-state index contributed by atoms with van der Waals surface area (Å²) in [4.78, 5) is 15.2. The van der Waals surface area contributed by atoms with Crippen molar-refractivity contribution in [1.29, 1.82) is 0 Å². The van der Waals surface area contributed by atoms with Crippen LogP contribution in [-0.2, 0) is 4.74 Å². The zero-order valence-corrected chi connectivity index (χ0v) is 11.3. The molecule has 2 aromatic rings. The number of carbonyl (C=O) groups excluding carboxylic acids is 1. The number of ether oxygens (including phenoxy) is 1. The van der Waals surface area contributed by atoms with Gasteiger partial charge in [0, 0.05) is 36.3 Å². The number of H-pyrrole nitrogens is 1. The molecule has 0 radical (unpaired) electrons. The first-order valence-electron chi connectivity index (χ1n) is 6.96. The Bertz CT molecular complexity index is 615. The Kier molecular flexibility index (Phi) is 3.60. The van der Waals surface area contributed by atoms with Crippen molar-refractivity contribution >= 4 is 22.5 Å². The summed E-state index contributed by atoms with van der Waals surface area (Å²) in [5.41, 5.74) is 7.93. The molecule has 5 heteroatoms. The summed E-state index contributed by atoms with van der Waals surface area (Å²) in [6.45, 7) is 2.36. The summed E-state index contributed by atoms with van der Waals surface area (Å²) in [6.07, 6.45) is 2.07. The fourth-order valence-electron chi connectivity index (χ4n) is 2.57. The fraction of sp³-hybridized carbons (Fsp3) is 0.400. The number of anilines is 1. The van der Waals surface area contributed by atoms with Crippen LogP contribution in [0.5, 0.6) is 0 Å². The zero-order valence-electron chi connectivity index (χ0n) is 11.3. The van der Waals surface area contributed by atoms with E-state index >= 15 is 0 Å². The number of rotatable bonds is 4. The molecule has 1 fully saturated rings. The number of hydrogen-bond acceptors (Lipinski definition) is 3. The van der Waals surface area contributed by atoms with Crippen LogP contribution in [0.1, 0.15) is 23.3 Å². The lowest BCUT2D eigenvalue weighted by Gasteiger charge is -2.07. The predicted molar refractivity (Wildman–Crippen MR) is 78.6 cm³/mol. The predicted octanol–water partition coefficient (Wildman–Crippen LogP) is 1.91. The van der Waals surface area contributed by atoms with Crippen LogP contribution in [0.25, 0.3) is 10.9 Å². The van der Waals surface area contributed by atoms with Gasteiger partial charge in [-0.1, -0.05) is 0 Å². The molecule has 0 saturated carbocycles. The molecule has 1 aromatic carbocycles. The van der Waals surface area contributed by atoms with Gasteiger partial charge >= 0.3 is 0 Å². The normalized spacial score (nSPS) is 18.5. The molecule has 106 valence electrons. The highest BCUT2D eigenvalue weighted by atomic mass is 16.5. The third-order valence-electron chi connectivity index (χ3n) is 3.75. The Labute approximate surface area is 117 Å². The van der Waals surface area contributed by atoms with E-state index in [0.29, 0.717) is 23.8 Å². The van der Waals surface area contributed by atoms with Crippen LogP contribution in [0.2, 0.25) is 0 Å². The van der Waals surface area contributed by atoms with Gasteiger partial charge in [-0.2, -0.15) is 0 Å². The van der Waals surface area contributed by atoms with Gasteiger partial charge in [-0.05, 0) is 43.0 Å². The van der Waals surface area contributed by atoms with Gasteiger partial charge in [0.2, 0.25) is 0 Å². The first kappa shape index (κ1) is 13.0. The zero-order chi connectivity index (χ0) is 13.9. The van der Waals surface area contributed by atoms with Gasteiger partial charge in [0.25, 0.3) is 5.91 Å². The van der Waals surface area contributed by atoms with Crippen molar-refractivity contribution in [3.63, 3.8) is 0 Å². The fourth-order valence-corrected chi connectivity index (χ4v) is 2.57. The minimum absolute atomic E-state index is 0.0707. The standard InChI is InChI=1S/C15H19N3O2/c16-12-1-2-13-11(7-12)8-14(18-13)15(19)17-5-3-10-4-6-20-9-10/h1-2,7-8,10,18H,3-6,9,16H2,(H,17,19). The molecule has 1 aromatic heterocycles. The minimum Gasteiger partial charge on any atom is -0.399 e. The van der Waals surface area contributed by atoms with Crippen LogP contribution in [-0.4, -0.2) is 30.6 Å². The maximum absolute atomic E-state index is 12.1. The third-order valence-corrected chi connectivity index (χ3v) is 3.75. The van der Waals surface area contributed by atoms with Crippen LogP contribution in [0, 0.1) is 5.92 Å². The van der Waals surface area contributed by atoms with Gasteiger partial charge in [-0.25, -0.2) is 0 Å². The van der Waals surface area contributed by atoms with Crippen molar-refractivity contribution in [3.05, 3.63) is 30.0 Å². The molecule has 4 N–H and O–H groups in total. The minimum atomic E-state index is -0.0707. The second-order valence-electron chi connectivity index (χ2n) is 5.30. The van der Waals surface area contributed by atoms with Gasteiger partial charge in [-0.15, -0.1) is 0 Å². The maximum Gasteiger partial charge on any atom is 0.267 e. The lowest BCUT2D eigenvalue weighted by atomic mass is 10.1. The van der Waals surface area contributed by atoms with Crippen LogP contribution >= 0.6 is 0 Å². The SMILES string of the molecule is Nc1ccc2[nH]c(C(=O)NCCC3CCOC3)cc2c1. The van der Waals surface area contributed by atoms with Gasteiger partial charge in [0.1, 0.15) is 5.69 Å². The Morgan fingerprint density at radius 3 is 3.15 bits per heavy atom. The molecule has 1 saturated heterocycles. The van der Waals surface area contributed by atoms with E-state index in [1.54, 1.807) is 0 Å². The van der Waals surface area contributed by atoms with Crippen LogP contribution in [0.3, 0.4) is 0 Å². The Hall–Kier alpha value is -2.01. The van der Waals surface area contributed by atoms with Gasteiger partial charge in [0.05, 0.1) is 0 Å². The summed E-state index contributed by atoms with van der Waals surface area (Å²) in [5.74, 6) is 0.511. The highest BCUT2D eigenvalue weighted by molar-refractivity contribution is 5.98. The molecule has 2 heterocycles. The molecule has 1 amide bonds. The largest absolute Gasteiger partial charge is 0.399 e. The molecule has 1 atom stereocenters. The molecule has 5 nitrogen and oxygen atoms in total. The smallest absolute Gasteiger partial charge is 0.267 e. The number of carbonyl (C=O) groups is 1. The summed E-state index contributed by atoms with van der Waals surface area (Å²) in [7, 11) is 0. The van der Waals surface area contributed by atoms with E-state index < -0.39 is 0 Å². The lowest BCUT2D eigenvalue weighted by Crippen LogP contribution is -2.26. The van der Waals surface area contributed by atoms with E-state index in [1.165, 1.54) is 0 Å². The number of fused-ring (bicyclic) bond motifs is 1. The number of aromatic amines is 1. The highest BCUT2D eigenvalue weighted by Crippen LogP contribution is 2.18. The first-order valence-corrected chi connectivity index (χ1v) is 6.96. The Morgan fingerprint density at radius 1 is 1.45 bits per heavy atom. The molecule has 1 aliphatic rings. The molecule has 0 aliphatic carbocycles. The van der Waals surface area contributed by atoms with Crippen LogP contribution in [0.4, 0.5) is 5.69 Å². The van der Waals surface area contributed by atoms with E-state index in [-0.39, 0.29) is 5.91 Å². The monoisotopic (exact) mass is 273 g/mol. The van der Waals surface area contributed by atoms with E-state index in [4.69, 9.17) is 10.5 Å². The van der Waals surface area contributed by atoms with E-state index in [0.717, 1.165) is 37.0 Å². The van der Waals surface area contributed by atoms with E-state index in [2.05, 4.69) is 10.3 Å². The number of nitrogen functional groups attached to an aromatic ring is 1. The van der Waals surface area contributed by atoms with Crippen molar-refractivity contribution < 1.29 is 9.53 Å². The summed E-state index contributed by atoms with van der Waals surface area (Å²) in [6, 6.07) is 7.40. The topological polar surface area (TPSA) is 80.1 Å². The molecule has 20 heavy (non-hydrogen) atoms. The molecular formula is C15H19N3O2. The highest BCUT2D eigenvalue weighted by Gasteiger charge is 2.16. The summed E-state index contributed by atoms with van der Waals surface area (Å²) < 4.78 is 5.32. The first-order chi connectivity index (χ1) is 9.72. The third kappa shape index (κ3) is 2.77. The second kappa shape index (κ2) is 5.54. The van der Waals surface area contributed by atoms with E-state index in [9.17, 15) is 4.79 Å². The number of nitrogens with one attached hydrogen (secondary N) is 2. The molecular weight excluding hydrogens is 254 g/mol.